The molecule has 0 bridgehead atoms. The third-order valence-electron chi connectivity index (χ3n) is 7.83. The van der Waals surface area contributed by atoms with Crippen LogP contribution in [0.15, 0.2) is 79.0 Å². The molecule has 0 atom stereocenters. The lowest BCUT2D eigenvalue weighted by atomic mass is 10.0. The Balaban J connectivity index is 1.15. The van der Waals surface area contributed by atoms with Crippen molar-refractivity contribution in [1.82, 2.24) is 25.4 Å². The summed E-state index contributed by atoms with van der Waals surface area (Å²) in [5, 5.41) is 15.9. The highest BCUT2D eigenvalue weighted by atomic mass is 19.1. The van der Waals surface area contributed by atoms with E-state index in [0.717, 1.165) is 12.6 Å². The monoisotopic (exact) mass is 639 g/mol. The molecule has 6 rings (SSSR count). The second-order valence-corrected chi connectivity index (χ2v) is 11.5. The van der Waals surface area contributed by atoms with E-state index >= 15 is 4.39 Å². The molecule has 2 heterocycles. The minimum Gasteiger partial charge on any atom is -0.453 e. The number of carbonyl (C=O) groups excluding carboxylic acids is 3. The Morgan fingerprint density at radius 2 is 1.57 bits per heavy atom. The zero-order valence-corrected chi connectivity index (χ0v) is 25.6. The van der Waals surface area contributed by atoms with E-state index in [1.807, 2.05) is 19.0 Å². The number of rotatable bonds is 11. The molecule has 1 fully saturated rings. The molecule has 3 aromatic carbocycles. The van der Waals surface area contributed by atoms with Crippen LogP contribution in [-0.4, -0.2) is 65.0 Å². The Kier molecular flexibility index (Phi) is 8.63. The molecule has 0 radical (unpaired) electrons. The second kappa shape index (κ2) is 13.0. The molecular formula is C34H31F2N7O4. The molecule has 4 N–H and O–H groups in total. The van der Waals surface area contributed by atoms with Crippen molar-refractivity contribution in [2.45, 2.75) is 12.8 Å². The van der Waals surface area contributed by atoms with Crippen LogP contribution in [0.3, 0.4) is 0 Å². The molecule has 0 spiro atoms. The summed E-state index contributed by atoms with van der Waals surface area (Å²) in [5.41, 5.74) is 1.35. The molecule has 0 aliphatic heterocycles. The van der Waals surface area contributed by atoms with E-state index in [9.17, 15) is 18.8 Å². The fourth-order valence-electron chi connectivity index (χ4n) is 4.99. The average molecular weight is 640 g/mol. The van der Waals surface area contributed by atoms with Crippen LogP contribution in [0.5, 0.6) is 11.5 Å². The number of carbonyl (C=O) groups is 3. The Morgan fingerprint density at radius 1 is 0.894 bits per heavy atom. The third-order valence-corrected chi connectivity index (χ3v) is 7.83. The number of pyridine rings is 1. The summed E-state index contributed by atoms with van der Waals surface area (Å²) in [6.07, 6.45) is 2.14. The number of hydrogen-bond donors (Lipinski definition) is 4. The van der Waals surface area contributed by atoms with E-state index in [1.54, 1.807) is 30.3 Å². The lowest BCUT2D eigenvalue weighted by Crippen LogP contribution is -2.35. The van der Waals surface area contributed by atoms with Gasteiger partial charge in [0.05, 0.1) is 11.1 Å². The lowest BCUT2D eigenvalue weighted by molar-refractivity contribution is -0.131. The van der Waals surface area contributed by atoms with Gasteiger partial charge in [-0.3, -0.25) is 19.5 Å². The topological polar surface area (TPSA) is 141 Å². The zero-order chi connectivity index (χ0) is 33.1. The maximum Gasteiger partial charge on any atom is 0.251 e. The number of nitrogens with one attached hydrogen (secondary N) is 4. The summed E-state index contributed by atoms with van der Waals surface area (Å²) in [4.78, 5) is 44.7. The molecule has 0 unspecified atom stereocenters. The van der Waals surface area contributed by atoms with E-state index in [1.165, 1.54) is 42.6 Å². The smallest absolute Gasteiger partial charge is 0.251 e. The number of halogens is 2. The fraction of sp³-hybridized carbons (Fsp3) is 0.206. The molecule has 1 aliphatic rings. The number of benzene rings is 3. The van der Waals surface area contributed by atoms with Gasteiger partial charge in [0.15, 0.2) is 17.2 Å². The molecule has 47 heavy (non-hydrogen) atoms. The molecule has 3 amide bonds. The van der Waals surface area contributed by atoms with Crippen LogP contribution in [0.1, 0.15) is 23.2 Å². The Hall–Kier alpha value is -5.69. The minimum absolute atomic E-state index is 0.109. The van der Waals surface area contributed by atoms with Gasteiger partial charge in [0.1, 0.15) is 17.0 Å². The first-order chi connectivity index (χ1) is 22.6. The SMILES string of the molecule is CN(C)CCNC(=O)c1ccc(-c2[nH]nc3nccc(Oc4ccc(NC(=O)C5(C(=O)Nc6ccc(F)cc6)CC5)cc4F)c23)cc1. The maximum atomic E-state index is 15.3. The van der Waals surface area contributed by atoms with Gasteiger partial charge in [0, 0.05) is 47.9 Å². The molecular weight excluding hydrogens is 608 g/mol. The third kappa shape index (κ3) is 6.79. The minimum atomic E-state index is -1.30. The number of H-pyrrole nitrogens is 1. The molecule has 11 nitrogen and oxygen atoms in total. The van der Waals surface area contributed by atoms with E-state index in [4.69, 9.17) is 4.74 Å². The van der Waals surface area contributed by atoms with E-state index in [0.29, 0.717) is 52.9 Å². The predicted octanol–water partition coefficient (Wildman–Crippen LogP) is 5.34. The first-order valence-electron chi connectivity index (χ1n) is 14.9. The molecule has 5 aromatic rings. The summed E-state index contributed by atoms with van der Waals surface area (Å²) in [6, 6.07) is 17.7. The van der Waals surface area contributed by atoms with Crippen LogP contribution >= 0.6 is 0 Å². The zero-order valence-electron chi connectivity index (χ0n) is 25.6. The summed E-state index contributed by atoms with van der Waals surface area (Å²) in [6.45, 7) is 1.24. The number of amides is 3. The predicted molar refractivity (Wildman–Crippen MR) is 172 cm³/mol. The van der Waals surface area contributed by atoms with Crippen LogP contribution in [0.25, 0.3) is 22.3 Å². The molecule has 1 aliphatic carbocycles. The van der Waals surface area contributed by atoms with Gasteiger partial charge < -0.3 is 25.6 Å². The lowest BCUT2D eigenvalue weighted by Gasteiger charge is -2.16. The normalized spacial score (nSPS) is 13.3. The van der Waals surface area contributed by atoms with Crippen LogP contribution in [-0.2, 0) is 9.59 Å². The number of hydrogen-bond acceptors (Lipinski definition) is 7. The van der Waals surface area contributed by atoms with Crippen molar-refractivity contribution >= 4 is 40.1 Å². The summed E-state index contributed by atoms with van der Waals surface area (Å²) < 4.78 is 34.5. The van der Waals surface area contributed by atoms with E-state index in [2.05, 4.69) is 31.1 Å². The van der Waals surface area contributed by atoms with E-state index in [-0.39, 0.29) is 23.1 Å². The quantitative estimate of drug-likeness (QED) is 0.143. The molecule has 240 valence electrons. The van der Waals surface area contributed by atoms with Gasteiger partial charge in [0.25, 0.3) is 5.91 Å². The Bertz CT molecular complexity index is 1960. The van der Waals surface area contributed by atoms with Gasteiger partial charge in [-0.2, -0.15) is 5.10 Å². The first-order valence-corrected chi connectivity index (χ1v) is 14.9. The van der Waals surface area contributed by atoms with Crippen molar-refractivity contribution in [1.29, 1.82) is 0 Å². The second-order valence-electron chi connectivity index (χ2n) is 11.5. The number of fused-ring (bicyclic) bond motifs is 1. The average Bonchev–Trinajstić information content (AvgIpc) is 3.76. The number of ether oxygens (including phenoxy) is 1. The van der Waals surface area contributed by atoms with Crippen molar-refractivity contribution in [3.05, 3.63) is 96.2 Å². The van der Waals surface area contributed by atoms with Crippen molar-refractivity contribution < 1.29 is 27.9 Å². The van der Waals surface area contributed by atoms with Crippen LogP contribution in [0, 0.1) is 17.0 Å². The highest BCUT2D eigenvalue weighted by Gasteiger charge is 2.56. The van der Waals surface area contributed by atoms with Crippen molar-refractivity contribution in [2.75, 3.05) is 37.8 Å². The molecule has 1 saturated carbocycles. The van der Waals surface area contributed by atoms with Crippen molar-refractivity contribution in [3.63, 3.8) is 0 Å². The molecule has 2 aromatic heterocycles. The standard InChI is InChI=1S/C34H31F2N7O4/c1-43(2)18-17-38-31(44)21-5-3-20(4-6-21)29-28-27(13-16-37-30(28)42-41-29)47-26-12-11-24(19-25(26)36)40-33(46)34(14-15-34)32(45)39-23-9-7-22(35)8-10-23/h3-13,16,19H,14-15,17-18H2,1-2H3,(H,38,44)(H,39,45)(H,40,46)(H,37,41,42). The number of aromatic nitrogens is 3. The van der Waals surface area contributed by atoms with Crippen molar-refractivity contribution in [2.24, 2.45) is 5.41 Å². The fourth-order valence-corrected chi connectivity index (χ4v) is 4.99. The number of aromatic amines is 1. The van der Waals surface area contributed by atoms with Crippen LogP contribution in [0.2, 0.25) is 0 Å². The summed E-state index contributed by atoms with van der Waals surface area (Å²) in [7, 11) is 3.86. The number of anilines is 2. The Labute approximate surface area is 268 Å². The number of nitrogens with zero attached hydrogens (tertiary/aromatic N) is 3. The van der Waals surface area contributed by atoms with Crippen LogP contribution in [0.4, 0.5) is 20.2 Å². The van der Waals surface area contributed by atoms with Gasteiger partial charge in [-0.05, 0) is 81.5 Å². The molecule has 13 heteroatoms. The summed E-state index contributed by atoms with van der Waals surface area (Å²) in [5.74, 6) is -2.29. The van der Waals surface area contributed by atoms with Crippen LogP contribution < -0.4 is 20.7 Å². The Morgan fingerprint density at radius 3 is 2.23 bits per heavy atom. The maximum absolute atomic E-state index is 15.3. The van der Waals surface area contributed by atoms with E-state index < -0.39 is 28.9 Å². The summed E-state index contributed by atoms with van der Waals surface area (Å²) >= 11 is 0. The largest absolute Gasteiger partial charge is 0.453 e. The first kappa shape index (κ1) is 31.3. The van der Waals surface area contributed by atoms with Gasteiger partial charge in [-0.1, -0.05) is 12.1 Å². The highest BCUT2D eigenvalue weighted by Crippen LogP contribution is 2.47. The van der Waals surface area contributed by atoms with Gasteiger partial charge in [-0.25, -0.2) is 13.8 Å². The number of likely N-dealkylation sites (N-methyl/N-ethyl adjacent to an activating group) is 1. The van der Waals surface area contributed by atoms with Gasteiger partial charge in [-0.15, -0.1) is 0 Å². The van der Waals surface area contributed by atoms with Gasteiger partial charge in [0.2, 0.25) is 11.8 Å². The van der Waals surface area contributed by atoms with Crippen molar-refractivity contribution in [3.8, 4) is 22.8 Å². The molecule has 0 saturated heterocycles. The van der Waals surface area contributed by atoms with Gasteiger partial charge >= 0.3 is 0 Å². The highest BCUT2D eigenvalue weighted by molar-refractivity contribution is 6.17.